The van der Waals surface area contributed by atoms with E-state index in [9.17, 15) is 9.59 Å². The summed E-state index contributed by atoms with van der Waals surface area (Å²) in [6, 6.07) is 7.14. The van der Waals surface area contributed by atoms with Gasteiger partial charge in [-0.2, -0.15) is 0 Å². The van der Waals surface area contributed by atoms with Crippen LogP contribution in [0.5, 0.6) is 0 Å². The predicted molar refractivity (Wildman–Crippen MR) is 78.3 cm³/mol. The molecule has 1 rings (SSSR count). The maximum atomic E-state index is 11.5. The van der Waals surface area contributed by atoms with E-state index in [1.165, 1.54) is 0 Å². The largest absolute Gasteiger partial charge is 0.459 e. The van der Waals surface area contributed by atoms with Crippen LogP contribution in [0.3, 0.4) is 0 Å². The standard InChI is InChI=1S/C15H20ClNO3/c1-11(2)6-5-9-20-15(19)14(18)17-10-12-7-3-4-8-13(12)16/h3-4,7-8,11H,5-6,9-10H2,1-2H3,(H,17,18). The number of hydrogen-bond acceptors (Lipinski definition) is 3. The molecule has 0 bridgehead atoms. The fourth-order valence-corrected chi connectivity index (χ4v) is 1.81. The first kappa shape index (κ1) is 16.5. The van der Waals surface area contributed by atoms with Crippen molar-refractivity contribution in [2.45, 2.75) is 33.2 Å². The van der Waals surface area contributed by atoms with Crippen molar-refractivity contribution >= 4 is 23.5 Å². The molecule has 5 heteroatoms. The van der Waals surface area contributed by atoms with Gasteiger partial charge < -0.3 is 10.1 Å². The van der Waals surface area contributed by atoms with E-state index in [4.69, 9.17) is 16.3 Å². The fourth-order valence-electron chi connectivity index (χ4n) is 1.61. The Morgan fingerprint density at radius 1 is 1.30 bits per heavy atom. The minimum Gasteiger partial charge on any atom is -0.459 e. The maximum Gasteiger partial charge on any atom is 0.396 e. The van der Waals surface area contributed by atoms with Gasteiger partial charge in [0.05, 0.1) is 6.61 Å². The molecule has 0 radical (unpaired) electrons. The molecule has 0 aliphatic rings. The zero-order valence-corrected chi connectivity index (χ0v) is 12.6. The van der Waals surface area contributed by atoms with Crippen LogP contribution in [-0.4, -0.2) is 18.5 Å². The quantitative estimate of drug-likeness (QED) is 0.499. The molecule has 0 unspecified atom stereocenters. The van der Waals surface area contributed by atoms with Gasteiger partial charge in [-0.15, -0.1) is 0 Å². The van der Waals surface area contributed by atoms with Crippen molar-refractivity contribution in [3.8, 4) is 0 Å². The first-order valence-corrected chi connectivity index (χ1v) is 7.07. The molecule has 1 aromatic carbocycles. The number of hydrogen-bond donors (Lipinski definition) is 1. The van der Waals surface area contributed by atoms with Crippen LogP contribution in [0.15, 0.2) is 24.3 Å². The third-order valence-corrected chi connectivity index (χ3v) is 3.11. The van der Waals surface area contributed by atoms with Crippen molar-refractivity contribution in [2.75, 3.05) is 6.61 Å². The van der Waals surface area contributed by atoms with Crippen LogP contribution in [0.1, 0.15) is 32.3 Å². The summed E-state index contributed by atoms with van der Waals surface area (Å²) in [5, 5.41) is 3.05. The second kappa shape index (κ2) is 8.59. The lowest BCUT2D eigenvalue weighted by Crippen LogP contribution is -2.32. The molecular formula is C15H20ClNO3. The van der Waals surface area contributed by atoms with E-state index < -0.39 is 11.9 Å². The lowest BCUT2D eigenvalue weighted by atomic mass is 10.1. The topological polar surface area (TPSA) is 55.4 Å². The summed E-state index contributed by atoms with van der Waals surface area (Å²) in [6.45, 7) is 4.67. The molecule has 1 N–H and O–H groups in total. The van der Waals surface area contributed by atoms with Crippen molar-refractivity contribution in [3.05, 3.63) is 34.9 Å². The summed E-state index contributed by atoms with van der Waals surface area (Å²) in [6.07, 6.45) is 1.73. The Kier molecular flexibility index (Phi) is 7.09. The molecule has 4 nitrogen and oxygen atoms in total. The van der Waals surface area contributed by atoms with Crippen LogP contribution in [0.4, 0.5) is 0 Å². The molecule has 0 atom stereocenters. The molecule has 1 aromatic rings. The molecule has 0 aromatic heterocycles. The molecule has 1 amide bonds. The van der Waals surface area contributed by atoms with E-state index in [0.29, 0.717) is 10.9 Å². The second-order valence-corrected chi connectivity index (χ2v) is 5.35. The van der Waals surface area contributed by atoms with Gasteiger partial charge in [-0.25, -0.2) is 4.79 Å². The van der Waals surface area contributed by atoms with Crippen molar-refractivity contribution in [2.24, 2.45) is 5.92 Å². The Balaban J connectivity index is 2.28. The molecule has 0 aliphatic heterocycles. The average Bonchev–Trinajstić information content (AvgIpc) is 2.42. The highest BCUT2D eigenvalue weighted by Crippen LogP contribution is 2.14. The summed E-state index contributed by atoms with van der Waals surface area (Å²) in [4.78, 5) is 23.0. The molecule has 0 saturated heterocycles. The Morgan fingerprint density at radius 3 is 2.65 bits per heavy atom. The van der Waals surface area contributed by atoms with Crippen LogP contribution in [0.2, 0.25) is 5.02 Å². The number of rotatable bonds is 6. The number of halogens is 1. The van der Waals surface area contributed by atoms with E-state index in [0.717, 1.165) is 18.4 Å². The van der Waals surface area contributed by atoms with Crippen molar-refractivity contribution in [1.29, 1.82) is 0 Å². The smallest absolute Gasteiger partial charge is 0.396 e. The minimum atomic E-state index is -0.846. The molecule has 0 saturated carbocycles. The lowest BCUT2D eigenvalue weighted by Gasteiger charge is -2.08. The minimum absolute atomic E-state index is 0.208. The van der Waals surface area contributed by atoms with E-state index in [1.807, 2.05) is 6.07 Å². The van der Waals surface area contributed by atoms with Gasteiger partial charge >= 0.3 is 11.9 Å². The highest BCUT2D eigenvalue weighted by molar-refractivity contribution is 6.33. The van der Waals surface area contributed by atoms with Gasteiger partial charge in [0.1, 0.15) is 0 Å². The van der Waals surface area contributed by atoms with Gasteiger partial charge in [0, 0.05) is 11.6 Å². The molecule has 110 valence electrons. The van der Waals surface area contributed by atoms with Gasteiger partial charge in [0.25, 0.3) is 0 Å². The molecule has 0 heterocycles. The molecule has 0 fully saturated rings. The summed E-state index contributed by atoms with van der Waals surface area (Å²) in [5.74, 6) is -1.03. The first-order chi connectivity index (χ1) is 9.50. The fraction of sp³-hybridized carbons (Fsp3) is 0.467. The van der Waals surface area contributed by atoms with Gasteiger partial charge in [0.15, 0.2) is 0 Å². The number of ether oxygens (including phenoxy) is 1. The third-order valence-electron chi connectivity index (χ3n) is 2.74. The highest BCUT2D eigenvalue weighted by atomic mass is 35.5. The van der Waals surface area contributed by atoms with Crippen LogP contribution in [-0.2, 0) is 20.9 Å². The zero-order chi connectivity index (χ0) is 15.0. The van der Waals surface area contributed by atoms with E-state index in [1.54, 1.807) is 18.2 Å². The number of carbonyl (C=O) groups excluding carboxylic acids is 2. The van der Waals surface area contributed by atoms with Crippen LogP contribution in [0.25, 0.3) is 0 Å². The Hall–Kier alpha value is -1.55. The molecule has 0 aliphatic carbocycles. The SMILES string of the molecule is CC(C)CCCOC(=O)C(=O)NCc1ccccc1Cl. The van der Waals surface area contributed by atoms with Crippen LogP contribution >= 0.6 is 11.6 Å². The van der Waals surface area contributed by atoms with Gasteiger partial charge in [-0.05, 0) is 30.4 Å². The van der Waals surface area contributed by atoms with Crippen LogP contribution < -0.4 is 5.32 Å². The summed E-state index contributed by atoms with van der Waals surface area (Å²) in [5.41, 5.74) is 0.759. The van der Waals surface area contributed by atoms with Crippen LogP contribution in [0, 0.1) is 5.92 Å². The molecular weight excluding hydrogens is 278 g/mol. The highest BCUT2D eigenvalue weighted by Gasteiger charge is 2.15. The number of carbonyl (C=O) groups is 2. The van der Waals surface area contributed by atoms with Gasteiger partial charge in [-0.3, -0.25) is 4.79 Å². The second-order valence-electron chi connectivity index (χ2n) is 4.95. The summed E-state index contributed by atoms with van der Waals surface area (Å²) < 4.78 is 4.89. The Bertz CT molecular complexity index is 460. The zero-order valence-electron chi connectivity index (χ0n) is 11.8. The summed E-state index contributed by atoms with van der Waals surface area (Å²) >= 11 is 5.95. The predicted octanol–water partition coefficient (Wildman–Crippen LogP) is 2.94. The normalized spacial score (nSPS) is 10.4. The van der Waals surface area contributed by atoms with E-state index in [-0.39, 0.29) is 13.2 Å². The molecule has 20 heavy (non-hydrogen) atoms. The lowest BCUT2D eigenvalue weighted by molar-refractivity contribution is -0.155. The number of benzene rings is 1. The maximum absolute atomic E-state index is 11.5. The third kappa shape index (κ3) is 6.06. The van der Waals surface area contributed by atoms with E-state index in [2.05, 4.69) is 19.2 Å². The number of nitrogens with one attached hydrogen (secondary N) is 1. The van der Waals surface area contributed by atoms with E-state index >= 15 is 0 Å². The summed E-state index contributed by atoms with van der Waals surface area (Å²) in [7, 11) is 0. The monoisotopic (exact) mass is 297 g/mol. The van der Waals surface area contributed by atoms with Gasteiger partial charge in [0.2, 0.25) is 0 Å². The van der Waals surface area contributed by atoms with Crippen molar-refractivity contribution < 1.29 is 14.3 Å². The average molecular weight is 298 g/mol. The Labute approximate surface area is 124 Å². The first-order valence-electron chi connectivity index (χ1n) is 6.69. The van der Waals surface area contributed by atoms with Gasteiger partial charge in [-0.1, -0.05) is 43.6 Å². The molecule has 0 spiro atoms. The van der Waals surface area contributed by atoms with Crippen molar-refractivity contribution in [3.63, 3.8) is 0 Å². The Morgan fingerprint density at radius 2 is 2.00 bits per heavy atom. The van der Waals surface area contributed by atoms with Crippen molar-refractivity contribution in [1.82, 2.24) is 5.32 Å². The number of esters is 1. The number of amides is 1.